The Morgan fingerprint density at radius 1 is 1.07 bits per heavy atom. The first-order chi connectivity index (χ1) is 21.2. The topological polar surface area (TPSA) is 98.2 Å². The molecule has 9 heteroatoms. The number of hydrogen-bond acceptors (Lipinski definition) is 8. The minimum atomic E-state index is -0.940. The van der Waals surface area contributed by atoms with Gasteiger partial charge in [-0.05, 0) is 92.8 Å². The van der Waals surface area contributed by atoms with Crippen LogP contribution in [0.25, 0.3) is 16.0 Å². The molecule has 1 aromatic heterocycles. The number of benzene rings is 3. The highest BCUT2D eigenvalue weighted by atomic mass is 32.1. The van der Waals surface area contributed by atoms with Gasteiger partial charge in [0.1, 0.15) is 17.6 Å². The summed E-state index contributed by atoms with van der Waals surface area (Å²) in [7, 11) is 0. The molecular formula is C35H36N2O6S. The molecule has 2 atom stereocenters. The SMILES string of the molecule is CCCCOc1ccc(C2/C(=C(\O)c3ccc4c(c3)CC(C)O4)C(=O)C(=O)N2c2nc3c(C)cc(C)cc3s2)cc1OCC. The zero-order chi connectivity index (χ0) is 31.1. The van der Waals surface area contributed by atoms with Crippen molar-refractivity contribution in [2.45, 2.75) is 66.0 Å². The summed E-state index contributed by atoms with van der Waals surface area (Å²) in [6.07, 6.45) is 2.60. The number of ketones is 1. The Kier molecular flexibility index (Phi) is 8.07. The number of anilines is 1. The van der Waals surface area contributed by atoms with Gasteiger partial charge in [-0.25, -0.2) is 4.98 Å². The molecule has 4 aromatic rings. The van der Waals surface area contributed by atoms with Crippen LogP contribution in [0.5, 0.6) is 17.2 Å². The Balaban J connectivity index is 1.53. The van der Waals surface area contributed by atoms with Crippen LogP contribution in [0.3, 0.4) is 0 Å². The number of rotatable bonds is 9. The summed E-state index contributed by atoms with van der Waals surface area (Å²) in [5, 5.41) is 12.1. The van der Waals surface area contributed by atoms with Crippen LogP contribution in [-0.2, 0) is 16.0 Å². The summed E-state index contributed by atoms with van der Waals surface area (Å²) in [6.45, 7) is 10.9. The van der Waals surface area contributed by atoms with Gasteiger partial charge in [-0.1, -0.05) is 36.8 Å². The summed E-state index contributed by atoms with van der Waals surface area (Å²) in [5.41, 5.74) is 4.83. The molecule has 8 nitrogen and oxygen atoms in total. The highest BCUT2D eigenvalue weighted by Gasteiger charge is 2.48. The molecule has 0 spiro atoms. The third kappa shape index (κ3) is 5.30. The molecule has 228 valence electrons. The lowest BCUT2D eigenvalue weighted by Crippen LogP contribution is -2.29. The maximum Gasteiger partial charge on any atom is 0.301 e. The Morgan fingerprint density at radius 2 is 1.89 bits per heavy atom. The van der Waals surface area contributed by atoms with Crippen LogP contribution in [0.1, 0.15) is 67.5 Å². The quantitative estimate of drug-likeness (QED) is 0.0908. The van der Waals surface area contributed by atoms with Crippen LogP contribution in [0.15, 0.2) is 54.1 Å². The number of aliphatic hydroxyl groups is 1. The molecule has 2 aliphatic rings. The second kappa shape index (κ2) is 12.0. The van der Waals surface area contributed by atoms with Gasteiger partial charge < -0.3 is 19.3 Å². The molecule has 0 saturated carbocycles. The number of aliphatic hydroxyl groups excluding tert-OH is 1. The minimum absolute atomic E-state index is 0.00354. The fourth-order valence-corrected chi connectivity index (χ4v) is 7.11. The molecule has 0 radical (unpaired) electrons. The van der Waals surface area contributed by atoms with Gasteiger partial charge in [-0.2, -0.15) is 0 Å². The van der Waals surface area contributed by atoms with Gasteiger partial charge in [-0.15, -0.1) is 0 Å². The van der Waals surface area contributed by atoms with E-state index < -0.39 is 17.7 Å². The molecule has 0 aliphatic carbocycles. The van der Waals surface area contributed by atoms with E-state index in [2.05, 4.69) is 6.92 Å². The number of unbranched alkanes of at least 4 members (excludes halogenated alkanes) is 1. The van der Waals surface area contributed by atoms with E-state index in [4.69, 9.17) is 19.2 Å². The molecule has 3 aromatic carbocycles. The minimum Gasteiger partial charge on any atom is -0.507 e. The predicted molar refractivity (Wildman–Crippen MR) is 172 cm³/mol. The van der Waals surface area contributed by atoms with E-state index >= 15 is 0 Å². The number of nitrogens with zero attached hydrogens (tertiary/aromatic N) is 2. The summed E-state index contributed by atoms with van der Waals surface area (Å²) >= 11 is 1.35. The Labute approximate surface area is 260 Å². The van der Waals surface area contributed by atoms with Crippen LogP contribution in [0.4, 0.5) is 5.13 Å². The van der Waals surface area contributed by atoms with Crippen molar-refractivity contribution in [2.75, 3.05) is 18.1 Å². The van der Waals surface area contributed by atoms with Crippen LogP contribution in [0, 0.1) is 13.8 Å². The average Bonchev–Trinajstić information content (AvgIpc) is 3.66. The van der Waals surface area contributed by atoms with Crippen LogP contribution >= 0.6 is 11.3 Å². The number of amides is 1. The molecule has 1 saturated heterocycles. The molecule has 1 amide bonds. The zero-order valence-electron chi connectivity index (χ0n) is 25.6. The molecule has 1 fully saturated rings. The van der Waals surface area contributed by atoms with Gasteiger partial charge in [-0.3, -0.25) is 14.5 Å². The second-order valence-electron chi connectivity index (χ2n) is 11.4. The van der Waals surface area contributed by atoms with Crippen LogP contribution in [0.2, 0.25) is 0 Å². The highest BCUT2D eigenvalue weighted by Crippen LogP contribution is 2.46. The fourth-order valence-electron chi connectivity index (χ4n) is 5.94. The summed E-state index contributed by atoms with van der Waals surface area (Å²) in [6, 6.07) is 13.9. The first-order valence-corrected chi connectivity index (χ1v) is 15.9. The molecular weight excluding hydrogens is 576 g/mol. The molecule has 6 rings (SSSR count). The molecule has 2 aliphatic heterocycles. The first-order valence-electron chi connectivity index (χ1n) is 15.1. The molecule has 3 heterocycles. The van der Waals surface area contributed by atoms with E-state index in [0.717, 1.165) is 45.5 Å². The molecule has 44 heavy (non-hydrogen) atoms. The van der Waals surface area contributed by atoms with Crippen molar-refractivity contribution >= 4 is 44.1 Å². The van der Waals surface area contributed by atoms with E-state index in [1.54, 1.807) is 24.3 Å². The molecule has 0 bridgehead atoms. The summed E-state index contributed by atoms with van der Waals surface area (Å²) in [5.74, 6) is 0.0834. The van der Waals surface area contributed by atoms with E-state index in [9.17, 15) is 14.7 Å². The summed E-state index contributed by atoms with van der Waals surface area (Å²) in [4.78, 5) is 34.0. The van der Waals surface area contributed by atoms with E-state index in [1.165, 1.54) is 16.2 Å². The highest BCUT2D eigenvalue weighted by molar-refractivity contribution is 7.22. The van der Waals surface area contributed by atoms with E-state index in [1.807, 2.05) is 52.0 Å². The lowest BCUT2D eigenvalue weighted by molar-refractivity contribution is -0.132. The number of carbonyl (C=O) groups excluding carboxylic acids is 2. The van der Waals surface area contributed by atoms with Crippen LogP contribution < -0.4 is 19.1 Å². The zero-order valence-corrected chi connectivity index (χ0v) is 26.4. The average molecular weight is 613 g/mol. The van der Waals surface area contributed by atoms with Gasteiger partial charge in [0.15, 0.2) is 16.6 Å². The van der Waals surface area contributed by atoms with Crippen molar-refractivity contribution in [1.82, 2.24) is 4.98 Å². The lowest BCUT2D eigenvalue weighted by Gasteiger charge is -2.24. The summed E-state index contributed by atoms with van der Waals surface area (Å²) < 4.78 is 18.7. The normalized spacial score (nSPS) is 19.0. The maximum atomic E-state index is 13.9. The maximum absolute atomic E-state index is 13.9. The Hall–Kier alpha value is -4.37. The number of thiazole rings is 1. The van der Waals surface area contributed by atoms with Crippen molar-refractivity contribution in [3.8, 4) is 17.2 Å². The van der Waals surface area contributed by atoms with Gasteiger partial charge in [0.05, 0.1) is 35.0 Å². The van der Waals surface area contributed by atoms with Crippen molar-refractivity contribution in [3.05, 3.63) is 81.9 Å². The van der Waals surface area contributed by atoms with Gasteiger partial charge in [0.2, 0.25) is 0 Å². The third-order valence-corrected chi connectivity index (χ3v) is 8.98. The van der Waals surface area contributed by atoms with Crippen molar-refractivity contribution in [2.24, 2.45) is 0 Å². The van der Waals surface area contributed by atoms with E-state index in [-0.39, 0.29) is 17.4 Å². The fraction of sp³-hybridized carbons (Fsp3) is 0.343. The number of Topliss-reactive ketones (excluding diaryl/α,β-unsaturated/α-hetero) is 1. The van der Waals surface area contributed by atoms with Gasteiger partial charge >= 0.3 is 5.91 Å². The van der Waals surface area contributed by atoms with Gasteiger partial charge in [0, 0.05) is 12.0 Å². The monoisotopic (exact) mass is 612 g/mol. The smallest absolute Gasteiger partial charge is 0.301 e. The number of fused-ring (bicyclic) bond motifs is 2. The molecule has 2 unspecified atom stereocenters. The lowest BCUT2D eigenvalue weighted by atomic mass is 9.94. The predicted octanol–water partition coefficient (Wildman–Crippen LogP) is 7.44. The number of hydrogen-bond donors (Lipinski definition) is 1. The number of ether oxygens (including phenoxy) is 3. The third-order valence-electron chi connectivity index (χ3n) is 7.98. The Bertz CT molecular complexity index is 1810. The molecule has 1 N–H and O–H groups in total. The van der Waals surface area contributed by atoms with Crippen molar-refractivity contribution in [3.63, 3.8) is 0 Å². The van der Waals surface area contributed by atoms with Crippen LogP contribution in [-0.4, -0.2) is 41.1 Å². The largest absolute Gasteiger partial charge is 0.507 e. The van der Waals surface area contributed by atoms with Gasteiger partial charge in [0.25, 0.3) is 5.78 Å². The number of carbonyl (C=O) groups is 2. The Morgan fingerprint density at radius 3 is 2.66 bits per heavy atom. The second-order valence-corrected chi connectivity index (χ2v) is 12.4. The van der Waals surface area contributed by atoms with Crippen molar-refractivity contribution in [1.29, 1.82) is 0 Å². The number of aryl methyl sites for hydroxylation is 2. The van der Waals surface area contributed by atoms with Crippen molar-refractivity contribution < 1.29 is 28.9 Å². The number of aromatic nitrogens is 1. The van der Waals surface area contributed by atoms with E-state index in [0.29, 0.717) is 47.4 Å². The first kappa shape index (κ1) is 29.7. The standard InChI is InChI=1S/C35H36N2O6S/c1-6-8-13-42-26-12-9-22(18-27(26)41-7-2)31-29(32(38)23-10-11-25-24(17-23)16-21(5)43-25)33(39)34(40)37(31)35-36-30-20(4)14-19(3)15-28(30)44-35/h9-12,14-15,17-18,21,31,38H,6-8,13,16H2,1-5H3/b32-29+.